The summed E-state index contributed by atoms with van der Waals surface area (Å²) < 4.78 is 0. The normalized spacial score (nSPS) is 35.0. The highest BCUT2D eigenvalue weighted by Gasteiger charge is 2.34. The Morgan fingerprint density at radius 2 is 1.83 bits per heavy atom. The number of ketones is 1. The molecule has 0 aromatic heterocycles. The third-order valence-electron chi connectivity index (χ3n) is 4.50. The predicted octanol–water partition coefficient (Wildman–Crippen LogP) is 1.25. The average molecular weight is 252 g/mol. The minimum Gasteiger partial charge on any atom is -0.353 e. The molecule has 0 heterocycles. The highest BCUT2D eigenvalue weighted by atomic mass is 16.1. The van der Waals surface area contributed by atoms with Gasteiger partial charge in [-0.2, -0.15) is 0 Å². The van der Waals surface area contributed by atoms with Crippen molar-refractivity contribution in [2.75, 3.05) is 7.05 Å². The van der Waals surface area contributed by atoms with Gasteiger partial charge in [0.15, 0.2) is 0 Å². The summed E-state index contributed by atoms with van der Waals surface area (Å²) >= 11 is 0. The molecular formula is C14H24N2O2. The first-order valence-corrected chi connectivity index (χ1v) is 7.05. The number of carbonyl (C=O) groups excluding carboxylic acids is 2. The second kappa shape index (κ2) is 5.83. The summed E-state index contributed by atoms with van der Waals surface area (Å²) in [6, 6.07) is 0.835. The fraction of sp³-hybridized carbons (Fsp3) is 0.857. The van der Waals surface area contributed by atoms with Gasteiger partial charge in [0.1, 0.15) is 5.78 Å². The molecule has 0 aliphatic heterocycles. The number of Topliss-reactive ketones (excluding diaryl/α,β-unsaturated/α-hetero) is 1. The molecule has 2 unspecified atom stereocenters. The van der Waals surface area contributed by atoms with E-state index in [-0.39, 0.29) is 23.7 Å². The van der Waals surface area contributed by atoms with Crippen LogP contribution in [0.15, 0.2) is 0 Å². The number of hydrogen-bond acceptors (Lipinski definition) is 3. The molecule has 2 saturated carbocycles. The van der Waals surface area contributed by atoms with Crippen LogP contribution in [0.3, 0.4) is 0 Å². The van der Waals surface area contributed by atoms with Crippen molar-refractivity contribution in [2.45, 2.75) is 57.5 Å². The summed E-state index contributed by atoms with van der Waals surface area (Å²) in [7, 11) is 1.99. The maximum Gasteiger partial charge on any atom is 0.220 e. The summed E-state index contributed by atoms with van der Waals surface area (Å²) in [5.74, 6) is 1.15. The van der Waals surface area contributed by atoms with Gasteiger partial charge in [-0.05, 0) is 52.0 Å². The monoisotopic (exact) mass is 252 g/mol. The van der Waals surface area contributed by atoms with E-state index in [0.717, 1.165) is 25.7 Å². The van der Waals surface area contributed by atoms with Gasteiger partial charge >= 0.3 is 0 Å². The molecule has 2 atom stereocenters. The van der Waals surface area contributed by atoms with E-state index in [4.69, 9.17) is 0 Å². The minimum atomic E-state index is 0.170. The van der Waals surface area contributed by atoms with Gasteiger partial charge in [-0.25, -0.2) is 0 Å². The Labute approximate surface area is 109 Å². The fourth-order valence-corrected chi connectivity index (χ4v) is 3.14. The molecule has 0 spiro atoms. The number of carbonyl (C=O) groups is 2. The van der Waals surface area contributed by atoms with Crippen LogP contribution in [-0.2, 0) is 9.59 Å². The summed E-state index contributed by atoms with van der Waals surface area (Å²) in [6.45, 7) is 1.64. The van der Waals surface area contributed by atoms with E-state index < -0.39 is 0 Å². The van der Waals surface area contributed by atoms with E-state index in [2.05, 4.69) is 10.6 Å². The molecule has 0 saturated heterocycles. The molecule has 2 aliphatic rings. The highest BCUT2D eigenvalue weighted by Crippen LogP contribution is 2.30. The first-order valence-electron chi connectivity index (χ1n) is 7.05. The second-order valence-electron chi connectivity index (χ2n) is 5.91. The minimum absolute atomic E-state index is 0.170. The second-order valence-corrected chi connectivity index (χ2v) is 5.91. The number of hydrogen-bond donors (Lipinski definition) is 2. The molecule has 0 aromatic carbocycles. The molecule has 2 fully saturated rings. The Kier molecular flexibility index (Phi) is 4.38. The summed E-state index contributed by atoms with van der Waals surface area (Å²) in [5, 5.41) is 6.33. The van der Waals surface area contributed by atoms with Crippen molar-refractivity contribution < 1.29 is 9.59 Å². The van der Waals surface area contributed by atoms with Crippen LogP contribution in [0.2, 0.25) is 0 Å². The molecule has 0 aromatic rings. The van der Waals surface area contributed by atoms with Gasteiger partial charge in [0.2, 0.25) is 5.91 Å². The van der Waals surface area contributed by atoms with Gasteiger partial charge < -0.3 is 10.6 Å². The van der Waals surface area contributed by atoms with Gasteiger partial charge in [0.05, 0.1) is 0 Å². The summed E-state index contributed by atoms with van der Waals surface area (Å²) in [5.41, 5.74) is 0. The van der Waals surface area contributed by atoms with Crippen molar-refractivity contribution in [1.82, 2.24) is 10.6 Å². The molecule has 102 valence electrons. The van der Waals surface area contributed by atoms with Crippen LogP contribution in [0.4, 0.5) is 0 Å². The van der Waals surface area contributed by atoms with Crippen molar-refractivity contribution in [3.8, 4) is 0 Å². The summed E-state index contributed by atoms with van der Waals surface area (Å²) in [6.07, 6.45) is 5.78. The molecule has 2 aliphatic carbocycles. The van der Waals surface area contributed by atoms with Crippen LogP contribution in [0.25, 0.3) is 0 Å². The third-order valence-corrected chi connectivity index (χ3v) is 4.50. The van der Waals surface area contributed by atoms with E-state index in [0.29, 0.717) is 18.4 Å². The smallest absolute Gasteiger partial charge is 0.220 e. The van der Waals surface area contributed by atoms with Gasteiger partial charge in [0, 0.05) is 24.4 Å². The van der Waals surface area contributed by atoms with E-state index in [1.807, 2.05) is 7.05 Å². The first-order chi connectivity index (χ1) is 8.58. The Bertz CT molecular complexity index is 324. The zero-order valence-corrected chi connectivity index (χ0v) is 11.4. The number of amides is 1. The van der Waals surface area contributed by atoms with Crippen molar-refractivity contribution >= 4 is 11.7 Å². The molecule has 18 heavy (non-hydrogen) atoms. The van der Waals surface area contributed by atoms with E-state index in [9.17, 15) is 9.59 Å². The number of rotatable bonds is 5. The Balaban J connectivity index is 1.63. The molecule has 4 nitrogen and oxygen atoms in total. The SMILES string of the molecule is CNC1CCC(CC(=O)NC2CC(C(C)=O)C2)C1. The molecule has 1 amide bonds. The molecule has 0 bridgehead atoms. The van der Waals surface area contributed by atoms with Gasteiger partial charge in [0.25, 0.3) is 0 Å². The van der Waals surface area contributed by atoms with Gasteiger partial charge in [-0.15, -0.1) is 0 Å². The Morgan fingerprint density at radius 3 is 2.39 bits per heavy atom. The van der Waals surface area contributed by atoms with E-state index >= 15 is 0 Å². The molecule has 2 rings (SSSR count). The first kappa shape index (κ1) is 13.5. The van der Waals surface area contributed by atoms with Crippen molar-refractivity contribution in [3.05, 3.63) is 0 Å². The standard InChI is InChI=1S/C14H24N2O2/c1-9(17)11-7-13(8-11)16-14(18)6-10-3-4-12(5-10)15-2/h10-13,15H,3-8H2,1-2H3,(H,16,18). The zero-order chi connectivity index (χ0) is 13.1. The topological polar surface area (TPSA) is 58.2 Å². The van der Waals surface area contributed by atoms with Crippen LogP contribution in [0.5, 0.6) is 0 Å². The maximum absolute atomic E-state index is 11.9. The predicted molar refractivity (Wildman–Crippen MR) is 70.1 cm³/mol. The molecule has 2 N–H and O–H groups in total. The maximum atomic E-state index is 11.9. The van der Waals surface area contributed by atoms with Crippen LogP contribution >= 0.6 is 0 Å². The van der Waals surface area contributed by atoms with Crippen LogP contribution in [0, 0.1) is 11.8 Å². The van der Waals surface area contributed by atoms with Crippen LogP contribution in [-0.4, -0.2) is 30.8 Å². The van der Waals surface area contributed by atoms with Gasteiger partial charge in [-0.3, -0.25) is 9.59 Å². The lowest BCUT2D eigenvalue weighted by Gasteiger charge is -2.34. The molecular weight excluding hydrogens is 228 g/mol. The fourth-order valence-electron chi connectivity index (χ4n) is 3.14. The lowest BCUT2D eigenvalue weighted by atomic mass is 9.78. The summed E-state index contributed by atoms with van der Waals surface area (Å²) in [4.78, 5) is 22.9. The van der Waals surface area contributed by atoms with Crippen LogP contribution < -0.4 is 10.6 Å². The van der Waals surface area contributed by atoms with E-state index in [1.165, 1.54) is 6.42 Å². The largest absolute Gasteiger partial charge is 0.353 e. The van der Waals surface area contributed by atoms with Crippen molar-refractivity contribution in [2.24, 2.45) is 11.8 Å². The zero-order valence-electron chi connectivity index (χ0n) is 11.4. The van der Waals surface area contributed by atoms with Crippen molar-refractivity contribution in [3.63, 3.8) is 0 Å². The molecule has 0 radical (unpaired) electrons. The van der Waals surface area contributed by atoms with Gasteiger partial charge in [-0.1, -0.05) is 0 Å². The Hall–Kier alpha value is -0.900. The molecule has 4 heteroatoms. The number of nitrogens with one attached hydrogen (secondary N) is 2. The Morgan fingerprint density at radius 1 is 1.11 bits per heavy atom. The average Bonchev–Trinajstić information content (AvgIpc) is 2.70. The third kappa shape index (κ3) is 3.31. The lowest BCUT2D eigenvalue weighted by molar-refractivity contribution is -0.128. The lowest BCUT2D eigenvalue weighted by Crippen LogP contribution is -2.46. The quantitative estimate of drug-likeness (QED) is 0.774. The highest BCUT2D eigenvalue weighted by molar-refractivity contribution is 5.80. The van der Waals surface area contributed by atoms with Crippen LogP contribution in [0.1, 0.15) is 45.4 Å². The van der Waals surface area contributed by atoms with E-state index in [1.54, 1.807) is 6.92 Å². The van der Waals surface area contributed by atoms with Crippen molar-refractivity contribution in [1.29, 1.82) is 0 Å².